The molecule has 1 N–H and O–H groups in total. The van der Waals surface area contributed by atoms with E-state index < -0.39 is 0 Å². The quantitative estimate of drug-likeness (QED) is 0.775. The molecule has 114 valence electrons. The number of rotatable bonds is 8. The molecule has 3 heteroatoms. The van der Waals surface area contributed by atoms with E-state index in [4.69, 9.17) is 5.10 Å². The van der Waals surface area contributed by atoms with Gasteiger partial charge in [-0.2, -0.15) is 5.10 Å². The van der Waals surface area contributed by atoms with Crippen LogP contribution in [-0.2, 0) is 6.42 Å². The van der Waals surface area contributed by atoms with Crippen molar-refractivity contribution < 1.29 is 0 Å². The third-order valence-electron chi connectivity index (χ3n) is 4.58. The van der Waals surface area contributed by atoms with Crippen molar-refractivity contribution in [3.63, 3.8) is 0 Å². The van der Waals surface area contributed by atoms with Crippen molar-refractivity contribution in [1.82, 2.24) is 15.1 Å². The zero-order valence-corrected chi connectivity index (χ0v) is 13.3. The molecule has 0 aliphatic heterocycles. The molecule has 3 nitrogen and oxygen atoms in total. The van der Waals surface area contributed by atoms with Gasteiger partial charge in [-0.25, -0.2) is 0 Å². The summed E-state index contributed by atoms with van der Waals surface area (Å²) in [7, 11) is 0. The van der Waals surface area contributed by atoms with E-state index in [0.29, 0.717) is 12.1 Å². The van der Waals surface area contributed by atoms with E-state index in [1.54, 1.807) is 0 Å². The summed E-state index contributed by atoms with van der Waals surface area (Å²) in [5, 5.41) is 8.35. The molecule has 1 fully saturated rings. The molecule has 0 aromatic carbocycles. The van der Waals surface area contributed by atoms with Crippen LogP contribution in [0.25, 0.3) is 0 Å². The Morgan fingerprint density at radius 3 is 2.80 bits per heavy atom. The molecular weight excluding hydrogens is 246 g/mol. The summed E-state index contributed by atoms with van der Waals surface area (Å²) in [4.78, 5) is 0. The maximum atomic E-state index is 4.80. The number of aromatic nitrogens is 2. The summed E-state index contributed by atoms with van der Waals surface area (Å²) in [5.74, 6) is 0. The number of nitrogens with zero attached hydrogens (tertiary/aromatic N) is 2. The fraction of sp³-hybridized carbons (Fsp3) is 0.824. The SMILES string of the molecule is CCNC(CC)CCCc1ccn(C2CCCCC2)n1. The second kappa shape index (κ2) is 8.46. The third kappa shape index (κ3) is 4.62. The number of hydrogen-bond acceptors (Lipinski definition) is 2. The highest BCUT2D eigenvalue weighted by Crippen LogP contribution is 2.27. The zero-order valence-electron chi connectivity index (χ0n) is 13.3. The second-order valence-corrected chi connectivity index (χ2v) is 6.13. The molecule has 0 amide bonds. The summed E-state index contributed by atoms with van der Waals surface area (Å²) in [6, 6.07) is 3.58. The first-order valence-corrected chi connectivity index (χ1v) is 8.61. The largest absolute Gasteiger partial charge is 0.314 e. The molecular formula is C17H31N3. The Morgan fingerprint density at radius 2 is 2.10 bits per heavy atom. The van der Waals surface area contributed by atoms with E-state index >= 15 is 0 Å². The van der Waals surface area contributed by atoms with Gasteiger partial charge in [0.05, 0.1) is 11.7 Å². The van der Waals surface area contributed by atoms with Crippen molar-refractivity contribution in [2.45, 2.75) is 83.7 Å². The lowest BCUT2D eigenvalue weighted by molar-refractivity contribution is 0.328. The molecule has 1 aromatic heterocycles. The summed E-state index contributed by atoms with van der Waals surface area (Å²) in [6.07, 6.45) is 13.9. The molecule has 0 radical (unpaired) electrons. The van der Waals surface area contributed by atoms with E-state index in [9.17, 15) is 0 Å². The second-order valence-electron chi connectivity index (χ2n) is 6.13. The van der Waals surface area contributed by atoms with Crippen LogP contribution in [0.1, 0.15) is 76.9 Å². The molecule has 1 heterocycles. The molecule has 1 aliphatic rings. The summed E-state index contributed by atoms with van der Waals surface area (Å²) in [6.45, 7) is 5.54. The summed E-state index contributed by atoms with van der Waals surface area (Å²) < 4.78 is 2.23. The van der Waals surface area contributed by atoms with Gasteiger partial charge in [-0.15, -0.1) is 0 Å². The van der Waals surface area contributed by atoms with Crippen LogP contribution in [0.2, 0.25) is 0 Å². The average Bonchev–Trinajstić information content (AvgIpc) is 2.96. The highest BCUT2D eigenvalue weighted by atomic mass is 15.3. The molecule has 1 unspecified atom stereocenters. The van der Waals surface area contributed by atoms with Crippen LogP contribution in [0.5, 0.6) is 0 Å². The van der Waals surface area contributed by atoms with Crippen molar-refractivity contribution in [2.24, 2.45) is 0 Å². The van der Waals surface area contributed by atoms with Gasteiger partial charge in [-0.3, -0.25) is 4.68 Å². The van der Waals surface area contributed by atoms with Crippen LogP contribution in [0, 0.1) is 0 Å². The fourth-order valence-electron chi connectivity index (χ4n) is 3.33. The molecule has 2 rings (SSSR count). The topological polar surface area (TPSA) is 29.9 Å². The zero-order chi connectivity index (χ0) is 14.2. The molecule has 1 aliphatic carbocycles. The Balaban J connectivity index is 1.74. The Hall–Kier alpha value is -0.830. The number of nitrogens with one attached hydrogen (secondary N) is 1. The summed E-state index contributed by atoms with van der Waals surface area (Å²) >= 11 is 0. The first kappa shape index (κ1) is 15.6. The Bertz CT molecular complexity index is 366. The van der Waals surface area contributed by atoms with Crippen molar-refractivity contribution in [3.05, 3.63) is 18.0 Å². The predicted octanol–water partition coefficient (Wildman–Crippen LogP) is 4.10. The molecule has 1 saturated carbocycles. The van der Waals surface area contributed by atoms with E-state index in [0.717, 1.165) is 13.0 Å². The summed E-state index contributed by atoms with van der Waals surface area (Å²) in [5.41, 5.74) is 1.28. The van der Waals surface area contributed by atoms with Crippen LogP contribution in [-0.4, -0.2) is 22.4 Å². The first-order valence-electron chi connectivity index (χ1n) is 8.61. The number of hydrogen-bond donors (Lipinski definition) is 1. The molecule has 0 saturated heterocycles. The Labute approximate surface area is 124 Å². The fourth-order valence-corrected chi connectivity index (χ4v) is 3.33. The third-order valence-corrected chi connectivity index (χ3v) is 4.58. The lowest BCUT2D eigenvalue weighted by Crippen LogP contribution is -2.28. The molecule has 1 atom stereocenters. The highest BCUT2D eigenvalue weighted by Gasteiger charge is 2.15. The van der Waals surface area contributed by atoms with E-state index in [2.05, 4.69) is 36.1 Å². The smallest absolute Gasteiger partial charge is 0.0624 e. The van der Waals surface area contributed by atoms with Gasteiger partial charge in [-0.05, 0) is 51.1 Å². The van der Waals surface area contributed by atoms with Gasteiger partial charge >= 0.3 is 0 Å². The van der Waals surface area contributed by atoms with Gasteiger partial charge < -0.3 is 5.32 Å². The van der Waals surface area contributed by atoms with Crippen LogP contribution in [0.4, 0.5) is 0 Å². The monoisotopic (exact) mass is 277 g/mol. The minimum Gasteiger partial charge on any atom is -0.314 e. The highest BCUT2D eigenvalue weighted by molar-refractivity contribution is 5.00. The lowest BCUT2D eigenvalue weighted by atomic mass is 9.96. The normalized spacial score (nSPS) is 18.3. The minimum absolute atomic E-state index is 0.669. The lowest BCUT2D eigenvalue weighted by Gasteiger charge is -2.21. The van der Waals surface area contributed by atoms with Crippen molar-refractivity contribution in [1.29, 1.82) is 0 Å². The standard InChI is InChI=1S/C17H31N3/c1-3-15(18-4-2)9-8-10-16-13-14-20(19-16)17-11-6-5-7-12-17/h13-15,17-18H,3-12H2,1-2H3. The molecule has 20 heavy (non-hydrogen) atoms. The van der Waals surface area contributed by atoms with Gasteiger partial charge in [-0.1, -0.05) is 33.1 Å². The van der Waals surface area contributed by atoms with E-state index in [1.807, 2.05) is 0 Å². The van der Waals surface area contributed by atoms with Crippen LogP contribution in [0.15, 0.2) is 12.3 Å². The van der Waals surface area contributed by atoms with Crippen molar-refractivity contribution in [3.8, 4) is 0 Å². The van der Waals surface area contributed by atoms with Crippen LogP contribution < -0.4 is 5.32 Å². The maximum Gasteiger partial charge on any atom is 0.0624 e. The van der Waals surface area contributed by atoms with Crippen LogP contribution in [0.3, 0.4) is 0 Å². The molecule has 1 aromatic rings. The Kier molecular flexibility index (Phi) is 6.58. The maximum absolute atomic E-state index is 4.80. The minimum atomic E-state index is 0.669. The van der Waals surface area contributed by atoms with Gasteiger partial charge in [0.15, 0.2) is 0 Å². The van der Waals surface area contributed by atoms with Gasteiger partial charge in [0.2, 0.25) is 0 Å². The van der Waals surface area contributed by atoms with Crippen LogP contribution >= 0.6 is 0 Å². The van der Waals surface area contributed by atoms with Gasteiger partial charge in [0.1, 0.15) is 0 Å². The number of aryl methyl sites for hydroxylation is 1. The van der Waals surface area contributed by atoms with Crippen molar-refractivity contribution >= 4 is 0 Å². The predicted molar refractivity (Wildman–Crippen MR) is 85.0 cm³/mol. The van der Waals surface area contributed by atoms with Gasteiger partial charge in [0.25, 0.3) is 0 Å². The van der Waals surface area contributed by atoms with Crippen molar-refractivity contribution in [2.75, 3.05) is 6.54 Å². The first-order chi connectivity index (χ1) is 9.83. The average molecular weight is 277 g/mol. The molecule has 0 bridgehead atoms. The Morgan fingerprint density at radius 1 is 1.30 bits per heavy atom. The molecule has 0 spiro atoms. The van der Waals surface area contributed by atoms with E-state index in [-0.39, 0.29) is 0 Å². The van der Waals surface area contributed by atoms with E-state index in [1.165, 1.54) is 57.1 Å². The van der Waals surface area contributed by atoms with Gasteiger partial charge in [0, 0.05) is 12.2 Å².